The van der Waals surface area contributed by atoms with Crippen LogP contribution in [0.5, 0.6) is 0 Å². The minimum absolute atomic E-state index is 0.0826. The van der Waals surface area contributed by atoms with Gasteiger partial charge in [0.15, 0.2) is 0 Å². The Morgan fingerprint density at radius 2 is 2.26 bits per heavy atom. The number of thiazole rings is 1. The molecule has 2 atom stereocenters. The first-order valence-electron chi connectivity index (χ1n) is 7.73. The molecule has 0 unspecified atom stereocenters. The van der Waals surface area contributed by atoms with Gasteiger partial charge in [0, 0.05) is 19.1 Å². The van der Waals surface area contributed by atoms with Crippen LogP contribution in [0.1, 0.15) is 35.1 Å². The number of thiophene rings is 1. The van der Waals surface area contributed by atoms with E-state index < -0.39 is 0 Å². The standard InChI is InChI=1S/C16H20ClN3OS2/c1-9(18)11-4-3-7-20(8-11)16(21)14-10(2)19-15(23-14)12-5-6-13(17)22-12/h5-6,9,11H,3-4,7-8,18H2,1-2H3/t9-,11-/m1/s1. The van der Waals surface area contributed by atoms with E-state index in [1.54, 1.807) is 0 Å². The van der Waals surface area contributed by atoms with Crippen LogP contribution < -0.4 is 5.73 Å². The first kappa shape index (κ1) is 16.9. The summed E-state index contributed by atoms with van der Waals surface area (Å²) in [5, 5.41) is 0.864. The molecule has 1 amide bonds. The van der Waals surface area contributed by atoms with Crippen LogP contribution in [0.2, 0.25) is 4.34 Å². The van der Waals surface area contributed by atoms with Gasteiger partial charge in [-0.1, -0.05) is 11.6 Å². The maximum atomic E-state index is 12.9. The maximum absolute atomic E-state index is 12.9. The molecule has 2 N–H and O–H groups in total. The molecule has 7 heteroatoms. The number of nitrogens with two attached hydrogens (primary N) is 1. The van der Waals surface area contributed by atoms with Crippen molar-refractivity contribution in [3.8, 4) is 9.88 Å². The fraction of sp³-hybridized carbons (Fsp3) is 0.500. The molecule has 2 aromatic rings. The van der Waals surface area contributed by atoms with Gasteiger partial charge in [0.25, 0.3) is 5.91 Å². The van der Waals surface area contributed by atoms with Gasteiger partial charge in [0.2, 0.25) is 0 Å². The highest BCUT2D eigenvalue weighted by atomic mass is 35.5. The Balaban J connectivity index is 1.81. The summed E-state index contributed by atoms with van der Waals surface area (Å²) in [6.45, 7) is 5.47. The molecule has 0 saturated carbocycles. The Morgan fingerprint density at radius 3 is 2.91 bits per heavy atom. The van der Waals surface area contributed by atoms with Crippen LogP contribution in [0, 0.1) is 12.8 Å². The predicted molar refractivity (Wildman–Crippen MR) is 97.5 cm³/mol. The van der Waals surface area contributed by atoms with Crippen molar-refractivity contribution in [3.05, 3.63) is 27.0 Å². The first-order chi connectivity index (χ1) is 11.0. The molecular weight excluding hydrogens is 350 g/mol. The lowest BCUT2D eigenvalue weighted by Crippen LogP contribution is -2.45. The highest BCUT2D eigenvalue weighted by Crippen LogP contribution is 2.35. The molecule has 124 valence electrons. The molecule has 2 aromatic heterocycles. The second kappa shape index (κ2) is 6.89. The van der Waals surface area contributed by atoms with Gasteiger partial charge in [-0.05, 0) is 44.7 Å². The third kappa shape index (κ3) is 3.60. The number of likely N-dealkylation sites (tertiary alicyclic amines) is 1. The number of hydrogen-bond donors (Lipinski definition) is 1. The third-order valence-electron chi connectivity index (χ3n) is 4.26. The number of piperidine rings is 1. The molecule has 1 aliphatic heterocycles. The number of hydrogen-bond acceptors (Lipinski definition) is 5. The van der Waals surface area contributed by atoms with Crippen LogP contribution in [0.15, 0.2) is 12.1 Å². The molecular formula is C16H20ClN3OS2. The molecule has 0 spiro atoms. The summed E-state index contributed by atoms with van der Waals surface area (Å²) in [7, 11) is 0. The normalized spacial score (nSPS) is 19.8. The highest BCUT2D eigenvalue weighted by molar-refractivity contribution is 7.24. The van der Waals surface area contributed by atoms with Gasteiger partial charge >= 0.3 is 0 Å². The van der Waals surface area contributed by atoms with Gasteiger partial charge in [-0.15, -0.1) is 22.7 Å². The van der Waals surface area contributed by atoms with Gasteiger partial charge in [0.05, 0.1) is 14.9 Å². The minimum atomic E-state index is 0.0826. The third-order valence-corrected chi connectivity index (χ3v) is 6.81. The van der Waals surface area contributed by atoms with Gasteiger partial charge in [0.1, 0.15) is 9.88 Å². The fourth-order valence-corrected chi connectivity index (χ4v) is 5.03. The van der Waals surface area contributed by atoms with E-state index in [1.807, 2.05) is 30.9 Å². The Hall–Kier alpha value is -0.950. The largest absolute Gasteiger partial charge is 0.338 e. The smallest absolute Gasteiger partial charge is 0.265 e. The lowest BCUT2D eigenvalue weighted by atomic mass is 9.92. The molecule has 0 aliphatic carbocycles. The SMILES string of the molecule is Cc1nc(-c2ccc(Cl)s2)sc1C(=O)N1CCC[C@@H]([C@@H](C)N)C1. The summed E-state index contributed by atoms with van der Waals surface area (Å²) in [5.74, 6) is 0.468. The van der Waals surface area contributed by atoms with E-state index in [0.717, 1.165) is 50.7 Å². The summed E-state index contributed by atoms with van der Waals surface area (Å²) >= 11 is 8.94. The first-order valence-corrected chi connectivity index (χ1v) is 9.75. The lowest BCUT2D eigenvalue weighted by Gasteiger charge is -2.34. The van der Waals surface area contributed by atoms with Crippen LogP contribution in [-0.4, -0.2) is 34.9 Å². The molecule has 0 bridgehead atoms. The topological polar surface area (TPSA) is 59.2 Å². The Labute approximate surface area is 149 Å². The summed E-state index contributed by atoms with van der Waals surface area (Å²) in [5.41, 5.74) is 6.82. The van der Waals surface area contributed by atoms with Crippen LogP contribution >= 0.6 is 34.3 Å². The van der Waals surface area contributed by atoms with E-state index in [0.29, 0.717) is 5.92 Å². The summed E-state index contributed by atoms with van der Waals surface area (Å²) in [4.78, 5) is 21.1. The summed E-state index contributed by atoms with van der Waals surface area (Å²) in [6.07, 6.45) is 2.12. The molecule has 23 heavy (non-hydrogen) atoms. The van der Waals surface area contributed by atoms with Crippen LogP contribution in [0.4, 0.5) is 0 Å². The number of amides is 1. The van der Waals surface area contributed by atoms with Crippen molar-refractivity contribution < 1.29 is 4.79 Å². The van der Waals surface area contributed by atoms with Crippen molar-refractivity contribution in [1.82, 2.24) is 9.88 Å². The van der Waals surface area contributed by atoms with Crippen molar-refractivity contribution >= 4 is 40.2 Å². The summed E-state index contributed by atoms with van der Waals surface area (Å²) < 4.78 is 0.733. The minimum Gasteiger partial charge on any atom is -0.338 e. The lowest BCUT2D eigenvalue weighted by molar-refractivity contribution is 0.0665. The number of nitrogens with zero attached hydrogens (tertiary/aromatic N) is 2. The van der Waals surface area contributed by atoms with E-state index in [1.165, 1.54) is 22.7 Å². The Bertz CT molecular complexity index is 710. The quantitative estimate of drug-likeness (QED) is 0.888. The van der Waals surface area contributed by atoms with Crippen molar-refractivity contribution in [2.75, 3.05) is 13.1 Å². The van der Waals surface area contributed by atoms with E-state index in [4.69, 9.17) is 17.3 Å². The van der Waals surface area contributed by atoms with Crippen LogP contribution in [0.3, 0.4) is 0 Å². The zero-order valence-electron chi connectivity index (χ0n) is 13.2. The van der Waals surface area contributed by atoms with E-state index in [-0.39, 0.29) is 11.9 Å². The fourth-order valence-electron chi connectivity index (χ4n) is 2.90. The Morgan fingerprint density at radius 1 is 1.48 bits per heavy atom. The zero-order chi connectivity index (χ0) is 16.6. The van der Waals surface area contributed by atoms with Gasteiger partial charge < -0.3 is 10.6 Å². The number of carbonyl (C=O) groups excluding carboxylic acids is 1. The van der Waals surface area contributed by atoms with E-state index in [2.05, 4.69) is 4.98 Å². The van der Waals surface area contributed by atoms with Crippen molar-refractivity contribution in [2.45, 2.75) is 32.7 Å². The monoisotopic (exact) mass is 369 g/mol. The molecule has 3 heterocycles. The van der Waals surface area contributed by atoms with Crippen molar-refractivity contribution in [1.29, 1.82) is 0 Å². The number of rotatable bonds is 3. The summed E-state index contributed by atoms with van der Waals surface area (Å²) in [6, 6.07) is 3.93. The molecule has 0 aromatic carbocycles. The highest BCUT2D eigenvalue weighted by Gasteiger charge is 2.28. The second-order valence-electron chi connectivity index (χ2n) is 6.05. The molecule has 0 radical (unpaired) electrons. The molecule has 1 aliphatic rings. The zero-order valence-corrected chi connectivity index (χ0v) is 15.6. The van der Waals surface area contributed by atoms with Crippen molar-refractivity contribution in [3.63, 3.8) is 0 Å². The average molecular weight is 370 g/mol. The van der Waals surface area contributed by atoms with Gasteiger partial charge in [-0.2, -0.15) is 0 Å². The van der Waals surface area contributed by atoms with E-state index >= 15 is 0 Å². The predicted octanol–water partition coefficient (Wildman–Crippen LogP) is 4.03. The molecule has 3 rings (SSSR count). The molecule has 1 fully saturated rings. The Kier molecular flexibility index (Phi) is 5.06. The molecule has 1 saturated heterocycles. The number of carbonyl (C=O) groups is 1. The number of aromatic nitrogens is 1. The van der Waals surface area contributed by atoms with Gasteiger partial charge in [-0.3, -0.25) is 4.79 Å². The van der Waals surface area contributed by atoms with Gasteiger partial charge in [-0.25, -0.2) is 4.98 Å². The van der Waals surface area contributed by atoms with Crippen molar-refractivity contribution in [2.24, 2.45) is 11.7 Å². The average Bonchev–Trinajstić information content (AvgIpc) is 3.12. The van der Waals surface area contributed by atoms with Crippen LogP contribution in [-0.2, 0) is 0 Å². The second-order valence-corrected chi connectivity index (χ2v) is 8.76. The molecule has 4 nitrogen and oxygen atoms in total. The van der Waals surface area contributed by atoms with Crippen LogP contribution in [0.25, 0.3) is 9.88 Å². The maximum Gasteiger partial charge on any atom is 0.265 e. The number of aryl methyl sites for hydroxylation is 1. The van der Waals surface area contributed by atoms with E-state index in [9.17, 15) is 4.79 Å². The number of halogens is 1.